The lowest BCUT2D eigenvalue weighted by Crippen LogP contribution is -2.53. The van der Waals surface area contributed by atoms with E-state index in [1.165, 1.54) is 13.5 Å². The minimum absolute atomic E-state index is 0. The van der Waals surface area contributed by atoms with Crippen molar-refractivity contribution in [3.63, 3.8) is 0 Å². The molecule has 3 aliphatic rings. The first-order chi connectivity index (χ1) is 15.2. The Hall–Kier alpha value is -1.22. The predicted molar refractivity (Wildman–Crippen MR) is 144 cm³/mol. The summed E-state index contributed by atoms with van der Waals surface area (Å²) in [5, 5.41) is 4.74. The van der Waals surface area contributed by atoms with E-state index in [1.54, 1.807) is 0 Å². The number of allylic oxidation sites excluding steroid dienone is 5. The molecule has 0 saturated carbocycles. The zero-order chi connectivity index (χ0) is 23.3. The number of carbonyl (C=O) groups is 1. The van der Waals surface area contributed by atoms with Crippen molar-refractivity contribution in [1.29, 1.82) is 0 Å². The third kappa shape index (κ3) is 9.30. The van der Waals surface area contributed by atoms with E-state index < -0.39 is 0 Å². The van der Waals surface area contributed by atoms with Crippen molar-refractivity contribution < 1.29 is 26.0 Å². The lowest BCUT2D eigenvalue weighted by atomic mass is 9.66. The largest absolute Gasteiger partial charge is 0.469 e. The van der Waals surface area contributed by atoms with E-state index in [0.29, 0.717) is 29.7 Å². The van der Waals surface area contributed by atoms with Crippen LogP contribution >= 0.6 is 11.6 Å². The molecule has 0 bridgehead atoms. The van der Waals surface area contributed by atoms with E-state index >= 15 is 0 Å². The predicted octanol–water partition coefficient (Wildman–Crippen LogP) is 2.93. The second kappa shape index (κ2) is 15.1. The fourth-order valence-corrected chi connectivity index (χ4v) is 6.07. The molecule has 1 heterocycles. The Balaban J connectivity index is 0.00000385. The molecule has 35 heavy (non-hydrogen) atoms. The molecule has 4 unspecified atom stereocenters. The number of nitrogens with one attached hydrogen (secondary N) is 1. The van der Waals surface area contributed by atoms with Gasteiger partial charge in [-0.25, -0.2) is 0 Å². The Kier molecular flexibility index (Phi) is 14.6. The summed E-state index contributed by atoms with van der Waals surface area (Å²) in [5.74, 6) is 2.17. The van der Waals surface area contributed by atoms with Crippen molar-refractivity contribution in [2.45, 2.75) is 59.4 Å². The van der Waals surface area contributed by atoms with Gasteiger partial charge in [0.05, 0.1) is 13.0 Å². The molecule has 1 fully saturated rings. The van der Waals surface area contributed by atoms with Crippen LogP contribution in [0.4, 0.5) is 0 Å². The number of methoxy groups -OCH3 is 1. The Morgan fingerprint density at radius 3 is 2.51 bits per heavy atom. The first kappa shape index (κ1) is 33.8. The smallest absolute Gasteiger partial charge is 0.312 e. The van der Waals surface area contributed by atoms with E-state index in [9.17, 15) is 4.79 Å². The van der Waals surface area contributed by atoms with Crippen LogP contribution in [0.1, 0.15) is 53.4 Å². The van der Waals surface area contributed by atoms with Crippen molar-refractivity contribution in [2.75, 3.05) is 33.3 Å². The summed E-state index contributed by atoms with van der Waals surface area (Å²) in [4.78, 5) is 14.6. The van der Waals surface area contributed by atoms with E-state index in [1.807, 2.05) is 6.08 Å². The topological polar surface area (TPSA) is 136 Å². The molecule has 0 spiro atoms. The highest BCUT2D eigenvalue weighted by Crippen LogP contribution is 2.43. The number of halogens is 1. The summed E-state index contributed by atoms with van der Waals surface area (Å²) >= 11 is 6.15. The Morgan fingerprint density at radius 1 is 1.23 bits per heavy atom. The molecule has 0 aromatic heterocycles. The van der Waals surface area contributed by atoms with E-state index in [4.69, 9.17) is 16.3 Å². The van der Waals surface area contributed by atoms with Gasteiger partial charge < -0.3 is 31.4 Å². The standard InChI is InChI=1S/C27H43ClN2O2.3H2O/c1-19(2)25(29-16-20-7-6-8-22(15-20)26(31)32-5)17-30-14-13-24(27(3,4)18-30)21-9-11-23(28)12-10-21;;;/h6,8-9,11-12,19-22,24-25,29H,7,10,13-18H2,1-5H3;3*1H2/t20?,21?,22?,24?,25-;;;/m0.../s1. The van der Waals surface area contributed by atoms with Crippen molar-refractivity contribution in [2.24, 2.45) is 35.0 Å². The molecule has 0 aromatic carbocycles. The van der Waals surface area contributed by atoms with Crippen LogP contribution in [0.3, 0.4) is 0 Å². The maximum absolute atomic E-state index is 11.9. The normalized spacial score (nSPS) is 28.7. The first-order valence-electron chi connectivity index (χ1n) is 12.4. The summed E-state index contributed by atoms with van der Waals surface area (Å²) < 4.78 is 4.95. The molecule has 7 nitrogen and oxygen atoms in total. The summed E-state index contributed by atoms with van der Waals surface area (Å²) in [7, 11) is 1.48. The van der Waals surface area contributed by atoms with Gasteiger partial charge in [0.15, 0.2) is 0 Å². The van der Waals surface area contributed by atoms with Gasteiger partial charge in [0, 0.05) is 24.2 Å². The summed E-state index contributed by atoms with van der Waals surface area (Å²) in [6, 6.07) is 0.459. The van der Waals surface area contributed by atoms with Crippen LogP contribution in [-0.2, 0) is 9.53 Å². The van der Waals surface area contributed by atoms with Crippen LogP contribution in [-0.4, -0.2) is 66.6 Å². The van der Waals surface area contributed by atoms with Gasteiger partial charge in [-0.05, 0) is 73.9 Å². The van der Waals surface area contributed by atoms with Gasteiger partial charge in [-0.15, -0.1) is 0 Å². The molecule has 2 aliphatic carbocycles. The molecule has 3 rings (SSSR count). The van der Waals surface area contributed by atoms with Crippen molar-refractivity contribution in [3.8, 4) is 0 Å². The molecule has 0 amide bonds. The third-order valence-corrected chi connectivity index (χ3v) is 8.13. The van der Waals surface area contributed by atoms with E-state index in [0.717, 1.165) is 50.5 Å². The minimum Gasteiger partial charge on any atom is -0.469 e. The van der Waals surface area contributed by atoms with Gasteiger partial charge in [-0.2, -0.15) is 0 Å². The average molecular weight is 517 g/mol. The Bertz CT molecular complexity index is 737. The second-order valence-corrected chi connectivity index (χ2v) is 11.6. The fourth-order valence-electron chi connectivity index (χ4n) is 5.91. The van der Waals surface area contributed by atoms with E-state index in [2.05, 4.69) is 62.2 Å². The molecule has 5 atom stereocenters. The highest BCUT2D eigenvalue weighted by atomic mass is 35.5. The molecule has 8 heteroatoms. The Labute approximate surface area is 216 Å². The number of hydrogen-bond acceptors (Lipinski definition) is 4. The molecule has 204 valence electrons. The monoisotopic (exact) mass is 516 g/mol. The van der Waals surface area contributed by atoms with Crippen LogP contribution < -0.4 is 5.32 Å². The van der Waals surface area contributed by atoms with Gasteiger partial charge in [0.2, 0.25) is 0 Å². The van der Waals surface area contributed by atoms with Gasteiger partial charge in [0.25, 0.3) is 0 Å². The summed E-state index contributed by atoms with van der Waals surface area (Å²) in [6.07, 6.45) is 15.0. The number of hydrogen-bond donors (Lipinski definition) is 1. The van der Waals surface area contributed by atoms with Gasteiger partial charge >= 0.3 is 5.97 Å². The van der Waals surface area contributed by atoms with Gasteiger partial charge in [-0.1, -0.05) is 63.6 Å². The molecular weight excluding hydrogens is 468 g/mol. The molecule has 0 radical (unpaired) electrons. The molecule has 1 saturated heterocycles. The zero-order valence-electron chi connectivity index (χ0n) is 22.1. The van der Waals surface area contributed by atoms with Crippen molar-refractivity contribution in [1.82, 2.24) is 10.2 Å². The zero-order valence-corrected chi connectivity index (χ0v) is 22.9. The maximum atomic E-state index is 11.9. The van der Waals surface area contributed by atoms with Gasteiger partial charge in [-0.3, -0.25) is 4.79 Å². The van der Waals surface area contributed by atoms with Crippen LogP contribution in [0.15, 0.2) is 35.4 Å². The molecule has 1 aliphatic heterocycles. The van der Waals surface area contributed by atoms with Crippen molar-refractivity contribution >= 4 is 17.6 Å². The fraction of sp³-hybridized carbons (Fsp3) is 0.741. The molecule has 7 N–H and O–H groups in total. The number of ether oxygens (including phenoxy) is 1. The van der Waals surface area contributed by atoms with Crippen LogP contribution in [0.2, 0.25) is 0 Å². The summed E-state index contributed by atoms with van der Waals surface area (Å²) in [5.41, 5.74) is 0.286. The summed E-state index contributed by atoms with van der Waals surface area (Å²) in [6.45, 7) is 13.9. The maximum Gasteiger partial charge on any atom is 0.312 e. The number of likely N-dealkylation sites (tertiary alicyclic amines) is 1. The molecule has 0 aromatic rings. The van der Waals surface area contributed by atoms with Crippen LogP contribution in [0.5, 0.6) is 0 Å². The van der Waals surface area contributed by atoms with Crippen LogP contribution in [0.25, 0.3) is 0 Å². The van der Waals surface area contributed by atoms with E-state index in [-0.39, 0.29) is 33.7 Å². The quantitative estimate of drug-likeness (QED) is 0.391. The van der Waals surface area contributed by atoms with Crippen molar-refractivity contribution in [3.05, 3.63) is 35.4 Å². The third-order valence-electron chi connectivity index (χ3n) is 7.85. The highest BCUT2D eigenvalue weighted by Gasteiger charge is 2.40. The SMILES string of the molecule is COC(=O)C1C=CCC(CN[C@@H](CN2CCC(C3C=CC(Cl)=CC3)C(C)(C)C2)C(C)C)C1.O.O.O. The second-order valence-electron chi connectivity index (χ2n) is 11.1. The number of carbonyl (C=O) groups excluding carboxylic acids is 1. The van der Waals surface area contributed by atoms with Crippen LogP contribution in [0, 0.1) is 35.0 Å². The number of esters is 1. The number of rotatable bonds is 8. The highest BCUT2D eigenvalue weighted by molar-refractivity contribution is 6.31. The Morgan fingerprint density at radius 2 is 1.94 bits per heavy atom. The number of nitrogens with zero attached hydrogens (tertiary/aromatic N) is 1. The average Bonchev–Trinajstić information content (AvgIpc) is 2.76. The molecular formula is C27H49ClN2O5. The minimum atomic E-state index is -0.109. The lowest BCUT2D eigenvalue weighted by molar-refractivity contribution is -0.144. The first-order valence-corrected chi connectivity index (χ1v) is 12.8. The number of piperidine rings is 1. The lowest BCUT2D eigenvalue weighted by Gasteiger charge is -2.48. The van der Waals surface area contributed by atoms with Gasteiger partial charge in [0.1, 0.15) is 0 Å².